The number of carbonyl (C=O) groups excluding carboxylic acids is 1. The van der Waals surface area contributed by atoms with Crippen LogP contribution in [-0.2, 0) is 29.6 Å². The van der Waals surface area contributed by atoms with Gasteiger partial charge in [-0.15, -0.1) is 0 Å². The van der Waals surface area contributed by atoms with Gasteiger partial charge in [0.05, 0.1) is 12.9 Å². The molecular formula is C22H24F2N6O9S. The normalized spacial score (nSPS) is 29.5. The van der Waals surface area contributed by atoms with Gasteiger partial charge >= 0.3 is 16.2 Å². The van der Waals surface area contributed by atoms with Crippen molar-refractivity contribution in [3.8, 4) is 0 Å². The number of nitrogens with one attached hydrogen (secondary N) is 1. The molecule has 6 atom stereocenters. The highest BCUT2D eigenvalue weighted by molar-refractivity contribution is 7.85. The van der Waals surface area contributed by atoms with Crippen LogP contribution in [0.5, 0.6) is 0 Å². The Balaban J connectivity index is 1.20. The number of nitrogens with zero attached hydrogens (tertiary/aromatic N) is 4. The number of aliphatic hydroxyl groups is 4. The Morgan fingerprint density at radius 2 is 1.90 bits per heavy atom. The fraction of sp³-hybridized carbons (Fsp3) is 0.455. The number of benzene rings is 1. The Bertz CT molecular complexity index is 1560. The number of alkyl halides is 2. The number of fused-ring (bicyclic) bond motifs is 2. The lowest BCUT2D eigenvalue weighted by Gasteiger charge is -2.31. The minimum Gasteiger partial charge on any atom is -0.387 e. The highest BCUT2D eigenvalue weighted by atomic mass is 32.2. The number of nitrogen functional groups attached to an aromatic ring is 1. The summed E-state index contributed by atoms with van der Waals surface area (Å²) in [4.78, 5) is 24.1. The number of halogens is 2. The molecule has 0 unspecified atom stereocenters. The van der Waals surface area contributed by atoms with E-state index in [-0.39, 0.29) is 28.1 Å². The monoisotopic (exact) mass is 586 g/mol. The number of imidazole rings is 1. The molecule has 3 heterocycles. The van der Waals surface area contributed by atoms with Gasteiger partial charge in [0.25, 0.3) is 0 Å². The highest BCUT2D eigenvalue weighted by Gasteiger charge is 2.64. The van der Waals surface area contributed by atoms with Crippen molar-refractivity contribution in [1.29, 1.82) is 0 Å². The van der Waals surface area contributed by atoms with Gasteiger partial charge in [0.15, 0.2) is 23.3 Å². The fourth-order valence-corrected chi connectivity index (χ4v) is 5.59. The molecule has 1 aliphatic carbocycles. The lowest BCUT2D eigenvalue weighted by molar-refractivity contribution is -0.226. The van der Waals surface area contributed by atoms with Crippen LogP contribution >= 0.6 is 0 Å². The van der Waals surface area contributed by atoms with Crippen molar-refractivity contribution in [1.82, 2.24) is 24.2 Å². The molecule has 1 fully saturated rings. The van der Waals surface area contributed by atoms with E-state index in [2.05, 4.69) is 15.0 Å². The van der Waals surface area contributed by atoms with Crippen molar-refractivity contribution in [3.63, 3.8) is 0 Å². The lowest BCUT2D eigenvalue weighted by Crippen LogP contribution is -2.45. The minimum absolute atomic E-state index is 0.0580. The summed E-state index contributed by atoms with van der Waals surface area (Å²) in [6.45, 7) is -0.845. The molecule has 7 N–H and O–H groups in total. The Morgan fingerprint density at radius 1 is 1.18 bits per heavy atom. The molecule has 0 radical (unpaired) electrons. The van der Waals surface area contributed by atoms with Crippen LogP contribution in [0.2, 0.25) is 0 Å². The van der Waals surface area contributed by atoms with E-state index < -0.39 is 77.8 Å². The second-order valence-electron chi connectivity index (χ2n) is 9.37. The Hall–Kier alpha value is -3.39. The summed E-state index contributed by atoms with van der Waals surface area (Å²) in [6, 6.07) is 5.16. The first-order chi connectivity index (χ1) is 18.8. The number of aliphatic hydroxyl groups excluding tert-OH is 3. The van der Waals surface area contributed by atoms with Gasteiger partial charge in [-0.05, 0) is 17.5 Å². The van der Waals surface area contributed by atoms with E-state index in [0.717, 1.165) is 6.33 Å². The van der Waals surface area contributed by atoms with Crippen LogP contribution in [0.15, 0.2) is 36.9 Å². The Labute approximate surface area is 224 Å². The predicted octanol–water partition coefficient (Wildman–Crippen LogP) is -1.24. The van der Waals surface area contributed by atoms with Crippen LogP contribution in [-0.4, -0.2) is 85.1 Å². The predicted molar refractivity (Wildman–Crippen MR) is 128 cm³/mol. The van der Waals surface area contributed by atoms with Crippen molar-refractivity contribution < 1.29 is 51.3 Å². The quantitative estimate of drug-likeness (QED) is 0.181. The first-order valence-corrected chi connectivity index (χ1v) is 13.2. The first-order valence-electron chi connectivity index (χ1n) is 11.8. The zero-order valence-electron chi connectivity index (χ0n) is 20.3. The van der Waals surface area contributed by atoms with Crippen LogP contribution in [0.1, 0.15) is 36.3 Å². The van der Waals surface area contributed by atoms with Crippen molar-refractivity contribution in [2.24, 2.45) is 0 Å². The molecule has 0 saturated carbocycles. The number of rotatable bonds is 8. The van der Waals surface area contributed by atoms with Crippen molar-refractivity contribution in [2.45, 2.75) is 55.0 Å². The summed E-state index contributed by atoms with van der Waals surface area (Å²) in [5, 5.41) is 41.5. The zero-order chi connectivity index (χ0) is 29.0. The van der Waals surface area contributed by atoms with Crippen LogP contribution in [0.4, 0.5) is 14.6 Å². The molecule has 1 aromatic carbocycles. The van der Waals surface area contributed by atoms with Crippen LogP contribution < -0.4 is 10.5 Å². The molecule has 40 heavy (non-hydrogen) atoms. The number of ether oxygens (including phenoxy) is 1. The summed E-state index contributed by atoms with van der Waals surface area (Å²) in [5.74, 6) is -5.27. The van der Waals surface area contributed by atoms with Gasteiger partial charge in [0.1, 0.15) is 36.3 Å². The molecule has 15 nitrogen and oxygen atoms in total. The average molecular weight is 587 g/mol. The molecule has 1 aliphatic heterocycles. The van der Waals surface area contributed by atoms with Gasteiger partial charge in [-0.25, -0.2) is 19.7 Å². The topological polar surface area (TPSA) is 232 Å². The van der Waals surface area contributed by atoms with Crippen LogP contribution in [0, 0.1) is 0 Å². The molecule has 1 amide bonds. The maximum Gasteiger partial charge on any atom is 0.362 e. The molecule has 1 saturated heterocycles. The van der Waals surface area contributed by atoms with E-state index in [4.69, 9.17) is 14.7 Å². The second kappa shape index (κ2) is 9.91. The van der Waals surface area contributed by atoms with Gasteiger partial charge in [0.2, 0.25) is 5.91 Å². The van der Waals surface area contributed by atoms with Gasteiger partial charge in [-0.1, -0.05) is 24.3 Å². The molecule has 2 aromatic heterocycles. The molecule has 0 spiro atoms. The Kier molecular flexibility index (Phi) is 6.97. The summed E-state index contributed by atoms with van der Waals surface area (Å²) >= 11 is 0. The third kappa shape index (κ3) is 4.56. The summed E-state index contributed by atoms with van der Waals surface area (Å²) < 4.78 is 67.1. The van der Waals surface area contributed by atoms with Crippen LogP contribution in [0.25, 0.3) is 11.2 Å². The van der Waals surface area contributed by atoms with Gasteiger partial charge in [-0.3, -0.25) is 13.5 Å². The van der Waals surface area contributed by atoms with Gasteiger partial charge in [-0.2, -0.15) is 17.2 Å². The SMILES string of the molecule is Nc1ncnc2c1ncn2[C@@H]1O[C@H](COS(=O)(=O)NC(=O)CC[C@@]2(O)c3ccccc3[C@@H](O)C2(F)F)[C@@H](O)[C@H]1O. The molecule has 18 heteroatoms. The number of nitrogens with two attached hydrogens (primary N) is 1. The number of hydrogen-bond donors (Lipinski definition) is 6. The number of amides is 1. The summed E-state index contributed by atoms with van der Waals surface area (Å²) in [7, 11) is -4.83. The maximum absolute atomic E-state index is 14.7. The van der Waals surface area contributed by atoms with Gasteiger partial charge in [0, 0.05) is 6.42 Å². The van der Waals surface area contributed by atoms with Crippen molar-refractivity contribution >= 4 is 33.2 Å². The highest BCUT2D eigenvalue weighted by Crippen LogP contribution is 2.56. The van der Waals surface area contributed by atoms with Crippen LogP contribution in [0.3, 0.4) is 0 Å². The Morgan fingerprint density at radius 3 is 2.65 bits per heavy atom. The molecule has 0 bridgehead atoms. The van der Waals surface area contributed by atoms with Crippen molar-refractivity contribution in [3.05, 3.63) is 48.0 Å². The maximum atomic E-state index is 14.7. The van der Waals surface area contributed by atoms with E-state index in [9.17, 15) is 42.4 Å². The largest absolute Gasteiger partial charge is 0.387 e. The van der Waals surface area contributed by atoms with E-state index in [1.807, 2.05) is 0 Å². The van der Waals surface area contributed by atoms with E-state index in [0.29, 0.717) is 0 Å². The summed E-state index contributed by atoms with van der Waals surface area (Å²) in [6.07, 6.45) is -7.56. The average Bonchev–Trinajstić information content (AvgIpc) is 3.50. The molecule has 3 aromatic rings. The number of carbonyl (C=O) groups is 1. The molecule has 216 valence electrons. The molecule has 5 rings (SSSR count). The van der Waals surface area contributed by atoms with E-state index in [1.54, 1.807) is 0 Å². The third-order valence-electron chi connectivity index (χ3n) is 6.93. The number of hydrogen-bond acceptors (Lipinski definition) is 13. The van der Waals surface area contributed by atoms with Crippen molar-refractivity contribution in [2.75, 3.05) is 12.3 Å². The second-order valence-corrected chi connectivity index (χ2v) is 10.7. The van der Waals surface area contributed by atoms with E-state index in [1.165, 1.54) is 39.9 Å². The summed E-state index contributed by atoms with van der Waals surface area (Å²) in [5.41, 5.74) is 2.70. The fourth-order valence-electron chi connectivity index (χ4n) is 4.84. The third-order valence-corrected chi connectivity index (χ3v) is 7.86. The number of anilines is 1. The minimum atomic E-state index is -4.83. The van der Waals surface area contributed by atoms with E-state index >= 15 is 0 Å². The molecular weight excluding hydrogens is 562 g/mol. The zero-order valence-corrected chi connectivity index (χ0v) is 21.1. The smallest absolute Gasteiger partial charge is 0.362 e. The standard InChI is InChI=1S/C22H24F2N6O9S/c23-22(24)17(34)10-3-1-2-4-11(10)21(22,35)6-5-13(31)29-40(36,37)38-7-12-15(32)16(33)20(39-12)30-9-28-14-18(25)26-8-27-19(14)30/h1-4,8-9,12,15-17,20,32-35H,5-7H2,(H,29,31)(H2,25,26,27)/t12-,15-,16-,17-,20-,21-/m1/s1. The van der Waals surface area contributed by atoms with Gasteiger partial charge < -0.3 is 30.9 Å². The first kappa shape index (κ1) is 28.1. The molecule has 2 aliphatic rings. The lowest BCUT2D eigenvalue weighted by atomic mass is 9.88. The number of aromatic nitrogens is 4.